The van der Waals surface area contributed by atoms with E-state index in [0.717, 1.165) is 12.0 Å². The highest BCUT2D eigenvalue weighted by Gasteiger charge is 2.33. The monoisotopic (exact) mass is 440 g/mol. The van der Waals surface area contributed by atoms with Crippen molar-refractivity contribution in [2.45, 2.75) is 13.0 Å². The van der Waals surface area contributed by atoms with E-state index in [9.17, 15) is 18.8 Å². The van der Waals surface area contributed by atoms with Crippen molar-refractivity contribution in [2.75, 3.05) is 54.0 Å². The molecule has 2 heterocycles. The van der Waals surface area contributed by atoms with Crippen LogP contribution in [-0.4, -0.2) is 63.7 Å². The summed E-state index contributed by atoms with van der Waals surface area (Å²) >= 11 is 0. The summed E-state index contributed by atoms with van der Waals surface area (Å²) in [5.41, 5.74) is 2.42. The fraction of sp³-hybridized carbons (Fsp3) is 0.348. The SMILES string of the molecule is CC(=O)NCC1CN(c2ccc(N3CCN(c4ccccc4C=O)CC3)c(F)c2)C(=O)O1. The van der Waals surface area contributed by atoms with Gasteiger partial charge in [-0.1, -0.05) is 12.1 Å². The molecule has 168 valence electrons. The Morgan fingerprint density at radius 1 is 1.12 bits per heavy atom. The number of rotatable bonds is 6. The number of hydrogen-bond donors (Lipinski definition) is 1. The van der Waals surface area contributed by atoms with Gasteiger partial charge in [-0.15, -0.1) is 0 Å². The minimum atomic E-state index is -0.560. The van der Waals surface area contributed by atoms with Crippen LogP contribution in [-0.2, 0) is 9.53 Å². The van der Waals surface area contributed by atoms with Gasteiger partial charge in [0.15, 0.2) is 6.29 Å². The second-order valence-corrected chi connectivity index (χ2v) is 7.84. The molecule has 2 aromatic rings. The molecule has 0 aliphatic carbocycles. The smallest absolute Gasteiger partial charge is 0.414 e. The van der Waals surface area contributed by atoms with Crippen LogP contribution in [0.2, 0.25) is 0 Å². The number of benzene rings is 2. The summed E-state index contributed by atoms with van der Waals surface area (Å²) in [7, 11) is 0. The molecule has 9 heteroatoms. The number of carbonyl (C=O) groups excluding carboxylic acids is 3. The molecule has 1 atom stereocenters. The zero-order chi connectivity index (χ0) is 22.7. The number of nitrogens with one attached hydrogen (secondary N) is 1. The molecular formula is C23H25FN4O4. The van der Waals surface area contributed by atoms with Crippen molar-refractivity contribution >= 4 is 35.3 Å². The molecule has 32 heavy (non-hydrogen) atoms. The molecule has 0 radical (unpaired) electrons. The highest BCUT2D eigenvalue weighted by molar-refractivity contribution is 5.90. The zero-order valence-corrected chi connectivity index (χ0v) is 17.8. The fourth-order valence-electron chi connectivity index (χ4n) is 4.08. The van der Waals surface area contributed by atoms with E-state index in [1.54, 1.807) is 18.2 Å². The lowest BCUT2D eigenvalue weighted by Gasteiger charge is -2.38. The Bertz CT molecular complexity index is 1020. The molecule has 1 N–H and O–H groups in total. The summed E-state index contributed by atoms with van der Waals surface area (Å²) in [4.78, 5) is 40.0. The van der Waals surface area contributed by atoms with Crippen LogP contribution in [0.1, 0.15) is 17.3 Å². The molecule has 4 rings (SSSR count). The van der Waals surface area contributed by atoms with Crippen molar-refractivity contribution in [3.8, 4) is 0 Å². The first-order valence-corrected chi connectivity index (χ1v) is 10.5. The fourth-order valence-corrected chi connectivity index (χ4v) is 4.08. The maximum absolute atomic E-state index is 15.0. The molecule has 0 saturated carbocycles. The molecule has 0 bridgehead atoms. The van der Waals surface area contributed by atoms with Gasteiger partial charge in [-0.3, -0.25) is 14.5 Å². The Kier molecular flexibility index (Phi) is 6.25. The van der Waals surface area contributed by atoms with E-state index < -0.39 is 18.0 Å². The molecule has 2 fully saturated rings. The van der Waals surface area contributed by atoms with Crippen LogP contribution in [0, 0.1) is 5.82 Å². The average Bonchev–Trinajstić information content (AvgIpc) is 3.18. The van der Waals surface area contributed by atoms with Crippen molar-refractivity contribution in [1.82, 2.24) is 5.32 Å². The molecule has 2 saturated heterocycles. The minimum absolute atomic E-state index is 0.204. The number of aldehydes is 1. The van der Waals surface area contributed by atoms with Crippen molar-refractivity contribution < 1.29 is 23.5 Å². The van der Waals surface area contributed by atoms with Gasteiger partial charge in [0, 0.05) is 44.4 Å². The van der Waals surface area contributed by atoms with Gasteiger partial charge < -0.3 is 19.9 Å². The zero-order valence-electron chi connectivity index (χ0n) is 17.8. The van der Waals surface area contributed by atoms with Gasteiger partial charge in [-0.2, -0.15) is 0 Å². The number of nitrogens with zero attached hydrogens (tertiary/aromatic N) is 3. The van der Waals surface area contributed by atoms with Crippen molar-refractivity contribution in [1.29, 1.82) is 0 Å². The Hall–Kier alpha value is -3.62. The molecule has 2 aliphatic heterocycles. The molecule has 2 amide bonds. The van der Waals surface area contributed by atoms with Crippen LogP contribution in [0.3, 0.4) is 0 Å². The van der Waals surface area contributed by atoms with E-state index in [0.29, 0.717) is 43.1 Å². The number of ether oxygens (including phenoxy) is 1. The van der Waals surface area contributed by atoms with Crippen LogP contribution in [0.4, 0.5) is 26.2 Å². The van der Waals surface area contributed by atoms with Gasteiger partial charge in [-0.05, 0) is 30.3 Å². The standard InChI is InChI=1S/C23H25FN4O4/c1-16(30)25-13-19-14-28(23(31)32-19)18-6-7-22(20(24)12-18)27-10-8-26(9-11-27)21-5-3-2-4-17(21)15-29/h2-7,12,15,19H,8-11,13-14H2,1H3,(H,25,30). The highest BCUT2D eigenvalue weighted by atomic mass is 19.1. The van der Waals surface area contributed by atoms with Gasteiger partial charge in [0.2, 0.25) is 5.91 Å². The first kappa shape index (κ1) is 21.6. The number of piperazine rings is 1. The lowest BCUT2D eigenvalue weighted by Crippen LogP contribution is -2.47. The lowest BCUT2D eigenvalue weighted by molar-refractivity contribution is -0.119. The number of para-hydroxylation sites is 1. The predicted octanol–water partition coefficient (Wildman–Crippen LogP) is 2.43. The minimum Gasteiger partial charge on any atom is -0.442 e. The molecular weight excluding hydrogens is 415 g/mol. The molecule has 0 spiro atoms. The summed E-state index contributed by atoms with van der Waals surface area (Å²) in [5, 5.41) is 2.62. The molecule has 2 aromatic carbocycles. The summed E-state index contributed by atoms with van der Waals surface area (Å²) in [6, 6.07) is 12.2. The summed E-state index contributed by atoms with van der Waals surface area (Å²) in [6.07, 6.45) is -0.184. The third-order valence-corrected chi connectivity index (χ3v) is 5.72. The molecule has 2 aliphatic rings. The number of cyclic esters (lactones) is 1. The van der Waals surface area contributed by atoms with E-state index in [4.69, 9.17) is 4.74 Å². The normalized spacial score (nSPS) is 18.5. The largest absolute Gasteiger partial charge is 0.442 e. The number of amides is 2. The van der Waals surface area contributed by atoms with E-state index in [2.05, 4.69) is 10.2 Å². The van der Waals surface area contributed by atoms with Gasteiger partial charge in [0.05, 0.1) is 24.5 Å². The quantitative estimate of drug-likeness (QED) is 0.695. The van der Waals surface area contributed by atoms with E-state index in [-0.39, 0.29) is 19.0 Å². The average molecular weight is 440 g/mol. The number of anilines is 3. The maximum Gasteiger partial charge on any atom is 0.414 e. The third kappa shape index (κ3) is 4.51. The molecule has 0 aromatic heterocycles. The first-order valence-electron chi connectivity index (χ1n) is 10.5. The van der Waals surface area contributed by atoms with Crippen molar-refractivity contribution in [2.24, 2.45) is 0 Å². The molecule has 1 unspecified atom stereocenters. The van der Waals surface area contributed by atoms with Gasteiger partial charge in [0.1, 0.15) is 11.9 Å². The van der Waals surface area contributed by atoms with E-state index in [1.807, 2.05) is 23.1 Å². The van der Waals surface area contributed by atoms with Gasteiger partial charge in [-0.25, -0.2) is 9.18 Å². The lowest BCUT2D eigenvalue weighted by atomic mass is 10.1. The van der Waals surface area contributed by atoms with Crippen LogP contribution in [0.15, 0.2) is 42.5 Å². The van der Waals surface area contributed by atoms with Gasteiger partial charge >= 0.3 is 6.09 Å². The Morgan fingerprint density at radius 3 is 2.47 bits per heavy atom. The number of carbonyl (C=O) groups is 3. The Morgan fingerprint density at radius 2 is 1.81 bits per heavy atom. The Balaban J connectivity index is 1.40. The second kappa shape index (κ2) is 9.25. The third-order valence-electron chi connectivity index (χ3n) is 5.72. The van der Waals surface area contributed by atoms with E-state index in [1.165, 1.54) is 17.9 Å². The van der Waals surface area contributed by atoms with Crippen LogP contribution >= 0.6 is 0 Å². The van der Waals surface area contributed by atoms with Crippen LogP contribution < -0.4 is 20.0 Å². The highest BCUT2D eigenvalue weighted by Crippen LogP contribution is 2.29. The first-order chi connectivity index (χ1) is 15.5. The topological polar surface area (TPSA) is 82.2 Å². The summed E-state index contributed by atoms with van der Waals surface area (Å²) in [6.45, 7) is 4.39. The number of hydrogen-bond acceptors (Lipinski definition) is 6. The van der Waals surface area contributed by atoms with E-state index >= 15 is 0 Å². The Labute approximate surface area is 185 Å². The predicted molar refractivity (Wildman–Crippen MR) is 119 cm³/mol. The number of halogens is 1. The molecule has 8 nitrogen and oxygen atoms in total. The maximum atomic E-state index is 15.0. The second-order valence-electron chi connectivity index (χ2n) is 7.84. The van der Waals surface area contributed by atoms with Crippen LogP contribution in [0.5, 0.6) is 0 Å². The van der Waals surface area contributed by atoms with Crippen molar-refractivity contribution in [3.63, 3.8) is 0 Å². The summed E-state index contributed by atoms with van der Waals surface area (Å²) in [5.74, 6) is -0.619. The van der Waals surface area contributed by atoms with Crippen LogP contribution in [0.25, 0.3) is 0 Å². The van der Waals surface area contributed by atoms with Gasteiger partial charge in [0.25, 0.3) is 0 Å². The van der Waals surface area contributed by atoms with Crippen molar-refractivity contribution in [3.05, 3.63) is 53.8 Å². The summed E-state index contributed by atoms with van der Waals surface area (Å²) < 4.78 is 20.2.